The topological polar surface area (TPSA) is 78.6 Å². The Morgan fingerprint density at radius 2 is 1.82 bits per heavy atom. The van der Waals surface area contributed by atoms with Crippen LogP contribution >= 0.6 is 11.8 Å². The van der Waals surface area contributed by atoms with E-state index in [1.807, 2.05) is 30.5 Å². The lowest BCUT2D eigenvalue weighted by molar-refractivity contribution is -0.142. The van der Waals surface area contributed by atoms with Gasteiger partial charge in [0.15, 0.2) is 5.78 Å². The summed E-state index contributed by atoms with van der Waals surface area (Å²) in [5.74, 6) is 0.891. The highest BCUT2D eigenvalue weighted by molar-refractivity contribution is 8.00. The molecular formula is C34H49NO4S. The van der Waals surface area contributed by atoms with Crippen molar-refractivity contribution in [1.29, 1.82) is 0 Å². The van der Waals surface area contributed by atoms with Gasteiger partial charge in [0, 0.05) is 12.2 Å². The zero-order valence-electron chi connectivity index (χ0n) is 25.0. The molecule has 0 heterocycles. The second kappa shape index (κ2) is 17.0. The molecule has 40 heavy (non-hydrogen) atoms. The molecule has 1 saturated carbocycles. The van der Waals surface area contributed by atoms with Crippen molar-refractivity contribution in [2.45, 2.75) is 96.0 Å². The van der Waals surface area contributed by atoms with E-state index in [-0.39, 0.29) is 12.2 Å². The number of aryl methyl sites for hydroxylation is 1. The maximum atomic E-state index is 13.9. The van der Waals surface area contributed by atoms with Crippen molar-refractivity contribution < 1.29 is 19.1 Å². The highest BCUT2D eigenvalue weighted by Crippen LogP contribution is 2.35. The summed E-state index contributed by atoms with van der Waals surface area (Å²) >= 11 is 1.42. The molecule has 5 nitrogen and oxygen atoms in total. The standard InChI is InChI=1S/C34H49NO4S/c1-5-6-14-26(20-25-15-8-7-9-16-25)22-39-23-27-17-12-19-29(32(27)28-18-11-10-13-24(28)2)33(36)31(40-4)21-30(35)34(37)38-3/h10-13,17-19,25-26,30-31H,5-9,14-16,20-23,35H2,1-4H3/t26?,30-,31?/m0/s1. The summed E-state index contributed by atoms with van der Waals surface area (Å²) in [6.07, 6.45) is 13.9. The van der Waals surface area contributed by atoms with Crippen LogP contribution in [0.5, 0.6) is 0 Å². The van der Waals surface area contributed by atoms with Gasteiger partial charge in [-0.2, -0.15) is 11.8 Å². The van der Waals surface area contributed by atoms with Gasteiger partial charge in [0.05, 0.1) is 19.0 Å². The predicted molar refractivity (Wildman–Crippen MR) is 167 cm³/mol. The molecule has 1 fully saturated rings. The summed E-state index contributed by atoms with van der Waals surface area (Å²) in [6, 6.07) is 13.3. The third-order valence-corrected chi connectivity index (χ3v) is 9.32. The SMILES string of the molecule is CCCCC(COCc1cccc(C(=O)C(C[C@H](N)C(=O)OC)SC)c1-c1ccccc1C)CC1CCCCC1. The summed E-state index contributed by atoms with van der Waals surface area (Å²) in [6.45, 7) is 5.55. The first-order chi connectivity index (χ1) is 19.4. The Labute approximate surface area is 246 Å². The number of methoxy groups -OCH3 is 1. The number of Topliss-reactive ketones (excluding diaryl/α,β-unsaturated/α-hetero) is 1. The van der Waals surface area contributed by atoms with E-state index < -0.39 is 17.3 Å². The molecule has 3 atom stereocenters. The fraction of sp³-hybridized carbons (Fsp3) is 0.588. The Morgan fingerprint density at radius 3 is 2.50 bits per heavy atom. The summed E-state index contributed by atoms with van der Waals surface area (Å²) in [5.41, 5.74) is 10.8. The second-order valence-electron chi connectivity index (χ2n) is 11.4. The Kier molecular flexibility index (Phi) is 13.7. The van der Waals surface area contributed by atoms with Gasteiger partial charge < -0.3 is 15.2 Å². The summed E-state index contributed by atoms with van der Waals surface area (Å²) in [5, 5.41) is -0.457. The molecular weight excluding hydrogens is 518 g/mol. The molecule has 6 heteroatoms. The van der Waals surface area contributed by atoms with Crippen molar-refractivity contribution >= 4 is 23.5 Å². The molecule has 2 aromatic carbocycles. The minimum atomic E-state index is -0.843. The zero-order valence-corrected chi connectivity index (χ0v) is 25.8. The molecule has 0 saturated heterocycles. The van der Waals surface area contributed by atoms with Gasteiger partial charge >= 0.3 is 5.97 Å². The minimum Gasteiger partial charge on any atom is -0.468 e. The Balaban J connectivity index is 1.85. The van der Waals surface area contributed by atoms with Crippen LogP contribution in [0.4, 0.5) is 0 Å². The van der Waals surface area contributed by atoms with Gasteiger partial charge in [0.2, 0.25) is 0 Å². The largest absolute Gasteiger partial charge is 0.468 e. The lowest BCUT2D eigenvalue weighted by Crippen LogP contribution is -2.36. The number of ketones is 1. The molecule has 0 bridgehead atoms. The van der Waals surface area contributed by atoms with Crippen LogP contribution in [0, 0.1) is 18.8 Å². The number of benzene rings is 2. The number of carbonyl (C=O) groups is 2. The number of ether oxygens (including phenoxy) is 2. The maximum Gasteiger partial charge on any atom is 0.322 e. The second-order valence-corrected chi connectivity index (χ2v) is 12.4. The van der Waals surface area contributed by atoms with Crippen LogP contribution in [0.15, 0.2) is 42.5 Å². The van der Waals surface area contributed by atoms with Crippen LogP contribution in [-0.4, -0.2) is 43.0 Å². The lowest BCUT2D eigenvalue weighted by atomic mass is 9.81. The van der Waals surface area contributed by atoms with Crippen molar-refractivity contribution in [3.05, 3.63) is 59.2 Å². The minimum absolute atomic E-state index is 0.0231. The molecule has 1 aliphatic rings. The highest BCUT2D eigenvalue weighted by atomic mass is 32.2. The number of nitrogens with two attached hydrogens (primary N) is 1. The average Bonchev–Trinajstić information content (AvgIpc) is 2.98. The van der Waals surface area contributed by atoms with Gasteiger partial charge in [-0.25, -0.2) is 0 Å². The summed E-state index contributed by atoms with van der Waals surface area (Å²) in [7, 11) is 1.32. The Bertz CT molecular complexity index is 1080. The molecule has 2 N–H and O–H groups in total. The van der Waals surface area contributed by atoms with Crippen molar-refractivity contribution in [2.75, 3.05) is 20.0 Å². The zero-order chi connectivity index (χ0) is 28.9. The van der Waals surface area contributed by atoms with Crippen molar-refractivity contribution in [2.24, 2.45) is 17.6 Å². The fourth-order valence-corrected chi connectivity index (χ4v) is 6.79. The van der Waals surface area contributed by atoms with E-state index in [1.165, 1.54) is 76.7 Å². The monoisotopic (exact) mass is 567 g/mol. The number of carbonyl (C=O) groups excluding carboxylic acids is 2. The van der Waals surface area contributed by atoms with Gasteiger partial charge in [0.25, 0.3) is 0 Å². The predicted octanol–water partition coefficient (Wildman–Crippen LogP) is 7.76. The van der Waals surface area contributed by atoms with Crippen LogP contribution in [0.3, 0.4) is 0 Å². The highest BCUT2D eigenvalue weighted by Gasteiger charge is 2.28. The van der Waals surface area contributed by atoms with Crippen LogP contribution < -0.4 is 5.73 Å². The fourth-order valence-electron chi connectivity index (χ4n) is 6.05. The van der Waals surface area contributed by atoms with Crippen molar-refractivity contribution in [3.8, 4) is 11.1 Å². The van der Waals surface area contributed by atoms with E-state index in [0.29, 0.717) is 18.1 Å². The number of unbranched alkanes of at least 4 members (excludes halogenated alkanes) is 1. The number of thioether (sulfide) groups is 1. The number of hydrogen-bond acceptors (Lipinski definition) is 6. The lowest BCUT2D eigenvalue weighted by Gasteiger charge is -2.27. The summed E-state index contributed by atoms with van der Waals surface area (Å²) < 4.78 is 11.3. The van der Waals surface area contributed by atoms with E-state index in [0.717, 1.165) is 34.8 Å². The number of hydrogen-bond donors (Lipinski definition) is 1. The average molecular weight is 568 g/mol. The van der Waals surface area contributed by atoms with E-state index >= 15 is 0 Å². The van der Waals surface area contributed by atoms with Crippen molar-refractivity contribution in [1.82, 2.24) is 0 Å². The van der Waals surface area contributed by atoms with E-state index in [1.54, 1.807) is 0 Å². The van der Waals surface area contributed by atoms with Gasteiger partial charge in [-0.15, -0.1) is 0 Å². The van der Waals surface area contributed by atoms with Gasteiger partial charge in [-0.3, -0.25) is 9.59 Å². The molecule has 2 unspecified atom stereocenters. The van der Waals surface area contributed by atoms with Gasteiger partial charge in [0.1, 0.15) is 6.04 Å². The van der Waals surface area contributed by atoms with Gasteiger partial charge in [-0.1, -0.05) is 94.3 Å². The van der Waals surface area contributed by atoms with Crippen LogP contribution in [0.25, 0.3) is 11.1 Å². The van der Waals surface area contributed by atoms with E-state index in [2.05, 4.69) is 32.0 Å². The Hall–Kier alpha value is -2.15. The van der Waals surface area contributed by atoms with Crippen LogP contribution in [0.1, 0.15) is 92.6 Å². The third kappa shape index (κ3) is 9.19. The quantitative estimate of drug-likeness (QED) is 0.165. The molecule has 0 radical (unpaired) electrons. The Morgan fingerprint density at radius 1 is 1.07 bits per heavy atom. The van der Waals surface area contributed by atoms with E-state index in [9.17, 15) is 9.59 Å². The first kappa shape index (κ1) is 32.4. The first-order valence-corrected chi connectivity index (χ1v) is 16.3. The first-order valence-electron chi connectivity index (χ1n) is 15.1. The van der Waals surface area contributed by atoms with Crippen molar-refractivity contribution in [3.63, 3.8) is 0 Å². The number of rotatable bonds is 16. The molecule has 0 aromatic heterocycles. The molecule has 1 aliphatic carbocycles. The smallest absolute Gasteiger partial charge is 0.322 e. The normalized spacial score (nSPS) is 16.3. The van der Waals surface area contributed by atoms with Gasteiger partial charge in [-0.05, 0) is 66.5 Å². The molecule has 3 rings (SSSR count). The maximum absolute atomic E-state index is 13.9. The molecule has 0 spiro atoms. The molecule has 2 aromatic rings. The van der Waals surface area contributed by atoms with Crippen LogP contribution in [-0.2, 0) is 20.9 Å². The summed E-state index contributed by atoms with van der Waals surface area (Å²) in [4.78, 5) is 25.9. The third-order valence-electron chi connectivity index (χ3n) is 8.35. The molecule has 220 valence electrons. The number of esters is 1. The molecule has 0 aliphatic heterocycles. The molecule has 0 amide bonds. The van der Waals surface area contributed by atoms with Crippen LogP contribution in [0.2, 0.25) is 0 Å². The van der Waals surface area contributed by atoms with E-state index in [4.69, 9.17) is 15.2 Å².